The van der Waals surface area contributed by atoms with Gasteiger partial charge in [-0.25, -0.2) is 0 Å². The fourth-order valence-corrected chi connectivity index (χ4v) is 3.60. The summed E-state index contributed by atoms with van der Waals surface area (Å²) in [7, 11) is 4.31. The molecule has 7 heteroatoms. The summed E-state index contributed by atoms with van der Waals surface area (Å²) in [6.07, 6.45) is 2.96. The van der Waals surface area contributed by atoms with Gasteiger partial charge < -0.3 is 19.1 Å². The third-order valence-corrected chi connectivity index (χ3v) is 5.18. The summed E-state index contributed by atoms with van der Waals surface area (Å²) in [5.74, 6) is -0.879. The number of nitrogens with zero attached hydrogens (tertiary/aromatic N) is 1. The van der Waals surface area contributed by atoms with Gasteiger partial charge in [0.1, 0.15) is 0 Å². The lowest BCUT2D eigenvalue weighted by molar-refractivity contribution is 0.0718. The number of ether oxygens (including phenoxy) is 3. The highest BCUT2D eigenvalue weighted by Gasteiger charge is 2.28. The molecule has 0 atom stereocenters. The molecule has 0 N–H and O–H groups in total. The molecule has 30 heavy (non-hydrogen) atoms. The van der Waals surface area contributed by atoms with E-state index in [-0.39, 0.29) is 34.1 Å². The van der Waals surface area contributed by atoms with Gasteiger partial charge in [0.15, 0.2) is 11.5 Å². The fourth-order valence-electron chi connectivity index (χ4n) is 3.60. The Hall–Kier alpha value is -3.35. The molecule has 2 aromatic rings. The van der Waals surface area contributed by atoms with Crippen molar-refractivity contribution < 1.29 is 28.6 Å². The minimum atomic E-state index is -0.759. The first-order valence-corrected chi connectivity index (χ1v) is 9.79. The molecular weight excluding hydrogens is 386 g/mol. The Balaban J connectivity index is 1.96. The molecule has 0 bridgehead atoms. The van der Waals surface area contributed by atoms with Gasteiger partial charge in [-0.05, 0) is 37.5 Å². The molecule has 1 aliphatic rings. The van der Waals surface area contributed by atoms with Gasteiger partial charge in [0.25, 0.3) is 5.91 Å². The van der Waals surface area contributed by atoms with Gasteiger partial charge in [-0.1, -0.05) is 18.2 Å². The molecule has 7 nitrogen and oxygen atoms in total. The molecule has 0 unspecified atom stereocenters. The first-order chi connectivity index (χ1) is 14.5. The summed E-state index contributed by atoms with van der Waals surface area (Å²) in [4.78, 5) is 40.8. The van der Waals surface area contributed by atoms with E-state index in [1.54, 1.807) is 23.1 Å². The van der Waals surface area contributed by atoms with Crippen LogP contribution in [0.25, 0.3) is 0 Å². The third kappa shape index (κ3) is 4.15. The van der Waals surface area contributed by atoms with Crippen molar-refractivity contribution in [2.75, 3.05) is 34.4 Å². The van der Waals surface area contributed by atoms with Gasteiger partial charge in [0.05, 0.1) is 26.9 Å². The molecule has 0 saturated carbocycles. The van der Waals surface area contributed by atoms with Crippen LogP contribution >= 0.6 is 0 Å². The van der Waals surface area contributed by atoms with E-state index in [0.717, 1.165) is 19.3 Å². The first kappa shape index (κ1) is 21.4. The number of ketones is 2. The van der Waals surface area contributed by atoms with Crippen LogP contribution in [-0.4, -0.2) is 56.8 Å². The smallest absolute Gasteiger partial charge is 0.254 e. The predicted octanol–water partition coefficient (Wildman–Crippen LogP) is 3.40. The van der Waals surface area contributed by atoms with Crippen molar-refractivity contribution in [1.29, 1.82) is 0 Å². The normalized spacial score (nSPS) is 13.5. The molecular formula is C23H25NO6. The maximum Gasteiger partial charge on any atom is 0.254 e. The first-order valence-electron chi connectivity index (χ1n) is 9.79. The number of rotatable bonds is 7. The predicted molar refractivity (Wildman–Crippen MR) is 111 cm³/mol. The fraction of sp³-hybridized carbons (Fsp3) is 0.348. The Kier molecular flexibility index (Phi) is 6.72. The second-order valence-corrected chi connectivity index (χ2v) is 6.97. The Morgan fingerprint density at radius 2 is 1.33 bits per heavy atom. The number of amides is 1. The molecule has 1 amide bonds. The van der Waals surface area contributed by atoms with E-state index in [2.05, 4.69) is 0 Å². The molecule has 3 rings (SSSR count). The van der Waals surface area contributed by atoms with Gasteiger partial charge in [0, 0.05) is 24.2 Å². The molecule has 0 aliphatic carbocycles. The number of likely N-dealkylation sites (tertiary alicyclic amines) is 1. The zero-order valence-electron chi connectivity index (χ0n) is 17.4. The maximum atomic E-state index is 13.1. The van der Waals surface area contributed by atoms with Crippen molar-refractivity contribution >= 4 is 17.5 Å². The van der Waals surface area contributed by atoms with E-state index in [0.29, 0.717) is 18.8 Å². The molecule has 1 fully saturated rings. The number of Topliss-reactive ketones (excluding diaryl/α,β-unsaturated/α-hetero) is 2. The summed E-state index contributed by atoms with van der Waals surface area (Å²) >= 11 is 0. The van der Waals surface area contributed by atoms with Crippen molar-refractivity contribution in [3.8, 4) is 17.2 Å². The monoisotopic (exact) mass is 411 g/mol. The van der Waals surface area contributed by atoms with Crippen LogP contribution in [-0.2, 0) is 0 Å². The average molecular weight is 411 g/mol. The van der Waals surface area contributed by atoms with Crippen LogP contribution in [0.2, 0.25) is 0 Å². The van der Waals surface area contributed by atoms with Gasteiger partial charge in [-0.2, -0.15) is 0 Å². The molecule has 0 spiro atoms. The summed E-state index contributed by atoms with van der Waals surface area (Å²) in [5.41, 5.74) is 0.423. The minimum absolute atomic E-state index is 0.0897. The van der Waals surface area contributed by atoms with Gasteiger partial charge in [0.2, 0.25) is 17.3 Å². The highest BCUT2D eigenvalue weighted by Crippen LogP contribution is 2.38. The lowest BCUT2D eigenvalue weighted by Gasteiger charge is -2.27. The number of carbonyl (C=O) groups is 3. The minimum Gasteiger partial charge on any atom is -0.493 e. The van der Waals surface area contributed by atoms with Crippen LogP contribution in [0.3, 0.4) is 0 Å². The van der Waals surface area contributed by atoms with E-state index in [1.807, 2.05) is 0 Å². The van der Waals surface area contributed by atoms with Crippen LogP contribution in [0, 0.1) is 0 Å². The van der Waals surface area contributed by atoms with Crippen molar-refractivity contribution in [2.24, 2.45) is 0 Å². The molecule has 1 saturated heterocycles. The van der Waals surface area contributed by atoms with Crippen LogP contribution in [0.1, 0.15) is 50.3 Å². The van der Waals surface area contributed by atoms with E-state index in [9.17, 15) is 14.4 Å². The summed E-state index contributed by atoms with van der Waals surface area (Å²) < 4.78 is 15.8. The Morgan fingerprint density at radius 1 is 0.767 bits per heavy atom. The topological polar surface area (TPSA) is 82.1 Å². The van der Waals surface area contributed by atoms with Crippen LogP contribution in [0.5, 0.6) is 17.2 Å². The second kappa shape index (κ2) is 9.43. The van der Waals surface area contributed by atoms with Crippen molar-refractivity contribution in [3.05, 3.63) is 53.1 Å². The zero-order chi connectivity index (χ0) is 21.7. The SMILES string of the molecule is COc1cc(C(=O)C(=O)c2ccccc2C(=O)N2CCCCC2)cc(OC)c1OC. The number of hydrogen-bond donors (Lipinski definition) is 0. The highest BCUT2D eigenvalue weighted by molar-refractivity contribution is 6.50. The lowest BCUT2D eigenvalue weighted by Crippen LogP contribution is -2.36. The van der Waals surface area contributed by atoms with Crippen molar-refractivity contribution in [2.45, 2.75) is 19.3 Å². The highest BCUT2D eigenvalue weighted by atomic mass is 16.5. The Bertz CT molecular complexity index is 937. The Morgan fingerprint density at radius 3 is 1.87 bits per heavy atom. The summed E-state index contributed by atoms with van der Waals surface area (Å²) in [6.45, 7) is 1.31. The van der Waals surface area contributed by atoms with Crippen LogP contribution < -0.4 is 14.2 Å². The second-order valence-electron chi connectivity index (χ2n) is 6.97. The molecule has 1 heterocycles. The third-order valence-electron chi connectivity index (χ3n) is 5.18. The largest absolute Gasteiger partial charge is 0.493 e. The number of hydrogen-bond acceptors (Lipinski definition) is 6. The van der Waals surface area contributed by atoms with E-state index < -0.39 is 11.6 Å². The molecule has 2 aromatic carbocycles. The number of carbonyl (C=O) groups excluding carboxylic acids is 3. The molecule has 1 aliphatic heterocycles. The van der Waals surface area contributed by atoms with Crippen LogP contribution in [0.4, 0.5) is 0 Å². The molecule has 158 valence electrons. The summed E-state index contributed by atoms with van der Waals surface area (Å²) in [5, 5.41) is 0. The van der Waals surface area contributed by atoms with Crippen molar-refractivity contribution in [1.82, 2.24) is 4.90 Å². The maximum absolute atomic E-state index is 13.1. The standard InChI is InChI=1S/C23H25NO6/c1-28-18-13-15(14-19(29-2)22(18)30-3)20(25)21(26)16-9-5-6-10-17(16)23(27)24-11-7-4-8-12-24/h5-6,9-10,13-14H,4,7-8,11-12H2,1-3H3. The average Bonchev–Trinajstić information content (AvgIpc) is 2.82. The quantitative estimate of drug-likeness (QED) is 0.513. The molecule has 0 aromatic heterocycles. The van der Waals surface area contributed by atoms with Crippen LogP contribution in [0.15, 0.2) is 36.4 Å². The number of methoxy groups -OCH3 is 3. The van der Waals surface area contributed by atoms with E-state index in [1.165, 1.54) is 39.5 Å². The van der Waals surface area contributed by atoms with Gasteiger partial charge in [-0.15, -0.1) is 0 Å². The van der Waals surface area contributed by atoms with E-state index >= 15 is 0 Å². The Labute approximate surface area is 175 Å². The number of benzene rings is 2. The molecule has 0 radical (unpaired) electrons. The van der Waals surface area contributed by atoms with E-state index in [4.69, 9.17) is 14.2 Å². The van der Waals surface area contributed by atoms with Gasteiger partial charge in [-0.3, -0.25) is 14.4 Å². The zero-order valence-corrected chi connectivity index (χ0v) is 17.4. The summed E-state index contributed by atoms with van der Waals surface area (Å²) in [6, 6.07) is 9.29. The number of piperidine rings is 1. The van der Waals surface area contributed by atoms with Crippen molar-refractivity contribution in [3.63, 3.8) is 0 Å². The van der Waals surface area contributed by atoms with Gasteiger partial charge >= 0.3 is 0 Å². The lowest BCUT2D eigenvalue weighted by atomic mass is 9.96.